The van der Waals surface area contributed by atoms with E-state index in [2.05, 4.69) is 94.2 Å². The molecular formula is C23H30N4. The summed E-state index contributed by atoms with van der Waals surface area (Å²) < 4.78 is 0. The van der Waals surface area contributed by atoms with E-state index in [1.165, 1.54) is 16.8 Å². The SMILES string of the molecule is CN=C(NCc1cccc(N2CC=CC2)c1)NC(C)CCc1ccccc1. The summed E-state index contributed by atoms with van der Waals surface area (Å²) in [6.45, 7) is 4.97. The third-order valence-electron chi connectivity index (χ3n) is 4.87. The summed E-state index contributed by atoms with van der Waals surface area (Å²) in [5.41, 5.74) is 3.92. The van der Waals surface area contributed by atoms with Gasteiger partial charge in [0, 0.05) is 38.4 Å². The van der Waals surface area contributed by atoms with Crippen LogP contribution in [-0.4, -0.2) is 32.1 Å². The first-order chi connectivity index (χ1) is 13.2. The minimum atomic E-state index is 0.360. The zero-order chi connectivity index (χ0) is 18.9. The molecule has 2 aromatic rings. The predicted molar refractivity (Wildman–Crippen MR) is 115 cm³/mol. The minimum absolute atomic E-state index is 0.360. The van der Waals surface area contributed by atoms with Crippen molar-refractivity contribution in [3.8, 4) is 0 Å². The van der Waals surface area contributed by atoms with Gasteiger partial charge in [-0.05, 0) is 43.0 Å². The predicted octanol–water partition coefficient (Wildman–Crippen LogP) is 3.75. The summed E-state index contributed by atoms with van der Waals surface area (Å²) in [7, 11) is 1.82. The van der Waals surface area contributed by atoms with E-state index in [-0.39, 0.29) is 0 Å². The van der Waals surface area contributed by atoms with E-state index in [4.69, 9.17) is 0 Å². The third-order valence-corrected chi connectivity index (χ3v) is 4.87. The number of nitrogens with one attached hydrogen (secondary N) is 2. The molecule has 0 saturated heterocycles. The molecule has 0 amide bonds. The molecule has 0 spiro atoms. The van der Waals surface area contributed by atoms with Crippen LogP contribution in [0.25, 0.3) is 0 Å². The van der Waals surface area contributed by atoms with Gasteiger partial charge in [0.15, 0.2) is 5.96 Å². The Balaban J connectivity index is 1.46. The third kappa shape index (κ3) is 5.88. The highest BCUT2D eigenvalue weighted by molar-refractivity contribution is 5.79. The smallest absolute Gasteiger partial charge is 0.191 e. The zero-order valence-electron chi connectivity index (χ0n) is 16.4. The molecule has 0 aliphatic carbocycles. The monoisotopic (exact) mass is 362 g/mol. The van der Waals surface area contributed by atoms with Gasteiger partial charge in [-0.1, -0.05) is 54.6 Å². The lowest BCUT2D eigenvalue weighted by atomic mass is 10.1. The van der Waals surface area contributed by atoms with Crippen molar-refractivity contribution in [2.75, 3.05) is 25.0 Å². The van der Waals surface area contributed by atoms with E-state index in [1.54, 1.807) is 0 Å². The lowest BCUT2D eigenvalue weighted by Gasteiger charge is -2.20. The maximum Gasteiger partial charge on any atom is 0.191 e. The van der Waals surface area contributed by atoms with E-state index in [9.17, 15) is 0 Å². The summed E-state index contributed by atoms with van der Waals surface area (Å²) in [5.74, 6) is 0.851. The average molecular weight is 363 g/mol. The van der Waals surface area contributed by atoms with Crippen LogP contribution in [0.3, 0.4) is 0 Å². The fourth-order valence-electron chi connectivity index (χ4n) is 3.27. The molecule has 142 valence electrons. The largest absolute Gasteiger partial charge is 0.364 e. The van der Waals surface area contributed by atoms with Gasteiger partial charge in [-0.3, -0.25) is 4.99 Å². The van der Waals surface area contributed by atoms with Crippen molar-refractivity contribution in [3.05, 3.63) is 77.9 Å². The van der Waals surface area contributed by atoms with Crippen molar-refractivity contribution >= 4 is 11.6 Å². The second-order valence-corrected chi connectivity index (χ2v) is 7.04. The molecule has 1 atom stereocenters. The summed E-state index contributed by atoms with van der Waals surface area (Å²) in [5, 5.41) is 6.93. The van der Waals surface area contributed by atoms with Crippen LogP contribution >= 0.6 is 0 Å². The lowest BCUT2D eigenvalue weighted by Crippen LogP contribution is -2.42. The van der Waals surface area contributed by atoms with Crippen molar-refractivity contribution in [1.82, 2.24) is 10.6 Å². The van der Waals surface area contributed by atoms with Crippen LogP contribution < -0.4 is 15.5 Å². The molecule has 4 heteroatoms. The van der Waals surface area contributed by atoms with Gasteiger partial charge in [-0.25, -0.2) is 0 Å². The Hall–Kier alpha value is -2.75. The Morgan fingerprint density at radius 1 is 1.04 bits per heavy atom. The van der Waals surface area contributed by atoms with E-state index in [0.29, 0.717) is 6.04 Å². The molecule has 4 nitrogen and oxygen atoms in total. The van der Waals surface area contributed by atoms with E-state index >= 15 is 0 Å². The van der Waals surface area contributed by atoms with Crippen LogP contribution in [0.4, 0.5) is 5.69 Å². The fourth-order valence-corrected chi connectivity index (χ4v) is 3.27. The van der Waals surface area contributed by atoms with Gasteiger partial charge in [0.05, 0.1) is 0 Å². The standard InChI is InChI=1S/C23H30N4/c1-19(13-14-20-9-4-3-5-10-20)26-23(24-2)25-18-21-11-8-12-22(17-21)27-15-6-7-16-27/h3-12,17,19H,13-16,18H2,1-2H3,(H2,24,25,26). The second kappa shape index (κ2) is 9.81. The van der Waals surface area contributed by atoms with Gasteiger partial charge in [-0.15, -0.1) is 0 Å². The van der Waals surface area contributed by atoms with Crippen molar-refractivity contribution in [2.45, 2.75) is 32.4 Å². The van der Waals surface area contributed by atoms with E-state index < -0.39 is 0 Å². The summed E-state index contributed by atoms with van der Waals surface area (Å²) in [4.78, 5) is 6.74. The Labute approximate surface area is 163 Å². The molecule has 0 saturated carbocycles. The van der Waals surface area contributed by atoms with Crippen molar-refractivity contribution in [1.29, 1.82) is 0 Å². The summed E-state index contributed by atoms with van der Waals surface area (Å²) >= 11 is 0. The van der Waals surface area contributed by atoms with Gasteiger partial charge < -0.3 is 15.5 Å². The molecule has 2 N–H and O–H groups in total. The molecule has 27 heavy (non-hydrogen) atoms. The quantitative estimate of drug-likeness (QED) is 0.448. The van der Waals surface area contributed by atoms with Crippen molar-refractivity contribution in [2.24, 2.45) is 4.99 Å². The van der Waals surface area contributed by atoms with Crippen LogP contribution in [0.5, 0.6) is 0 Å². The lowest BCUT2D eigenvalue weighted by molar-refractivity contribution is 0.593. The van der Waals surface area contributed by atoms with E-state index in [1.807, 2.05) is 7.05 Å². The van der Waals surface area contributed by atoms with Crippen LogP contribution in [-0.2, 0) is 13.0 Å². The number of rotatable bonds is 7. The van der Waals surface area contributed by atoms with Crippen LogP contribution in [0.1, 0.15) is 24.5 Å². The zero-order valence-corrected chi connectivity index (χ0v) is 16.4. The fraction of sp³-hybridized carbons (Fsp3) is 0.348. The highest BCUT2D eigenvalue weighted by atomic mass is 15.2. The first kappa shape index (κ1) is 19.0. The molecule has 1 unspecified atom stereocenters. The highest BCUT2D eigenvalue weighted by Crippen LogP contribution is 2.18. The number of nitrogens with zero attached hydrogens (tertiary/aromatic N) is 2. The number of aryl methyl sites for hydroxylation is 1. The molecule has 2 aromatic carbocycles. The van der Waals surface area contributed by atoms with Gasteiger partial charge in [0.2, 0.25) is 0 Å². The molecule has 3 rings (SSSR count). The number of guanidine groups is 1. The summed E-state index contributed by atoms with van der Waals surface area (Å²) in [6, 6.07) is 19.7. The number of hydrogen-bond donors (Lipinski definition) is 2. The molecule has 0 bridgehead atoms. The Morgan fingerprint density at radius 3 is 2.52 bits per heavy atom. The number of anilines is 1. The average Bonchev–Trinajstić information content (AvgIpc) is 3.25. The Kier molecular flexibility index (Phi) is 6.91. The molecule has 1 heterocycles. The molecule has 0 aromatic heterocycles. The van der Waals surface area contributed by atoms with Crippen molar-refractivity contribution in [3.63, 3.8) is 0 Å². The van der Waals surface area contributed by atoms with Crippen LogP contribution in [0, 0.1) is 0 Å². The molecule has 0 radical (unpaired) electrons. The number of hydrogen-bond acceptors (Lipinski definition) is 2. The van der Waals surface area contributed by atoms with E-state index in [0.717, 1.165) is 38.4 Å². The molecular weight excluding hydrogens is 332 g/mol. The maximum atomic E-state index is 4.37. The normalized spacial score (nSPS) is 15.0. The van der Waals surface area contributed by atoms with Crippen molar-refractivity contribution < 1.29 is 0 Å². The Bertz CT molecular complexity index is 759. The van der Waals surface area contributed by atoms with Crippen LogP contribution in [0.15, 0.2) is 71.7 Å². The molecule has 0 fully saturated rings. The van der Waals surface area contributed by atoms with Gasteiger partial charge in [0.25, 0.3) is 0 Å². The Morgan fingerprint density at radius 2 is 1.78 bits per heavy atom. The number of aliphatic imine (C=N–C) groups is 1. The van der Waals surface area contributed by atoms with Gasteiger partial charge in [-0.2, -0.15) is 0 Å². The van der Waals surface area contributed by atoms with Gasteiger partial charge in [0.1, 0.15) is 0 Å². The van der Waals surface area contributed by atoms with Crippen LogP contribution in [0.2, 0.25) is 0 Å². The topological polar surface area (TPSA) is 39.7 Å². The number of benzene rings is 2. The first-order valence-electron chi connectivity index (χ1n) is 9.74. The highest BCUT2D eigenvalue weighted by Gasteiger charge is 2.09. The van der Waals surface area contributed by atoms with Gasteiger partial charge >= 0.3 is 0 Å². The molecule has 1 aliphatic rings. The second-order valence-electron chi connectivity index (χ2n) is 7.04. The molecule has 1 aliphatic heterocycles. The first-order valence-corrected chi connectivity index (χ1v) is 9.74. The minimum Gasteiger partial charge on any atom is -0.364 e. The maximum absolute atomic E-state index is 4.37. The summed E-state index contributed by atoms with van der Waals surface area (Å²) in [6.07, 6.45) is 6.57.